The van der Waals surface area contributed by atoms with Crippen LogP contribution in [0.15, 0.2) is 36.5 Å². The second-order valence-electron chi connectivity index (χ2n) is 9.83. The Labute approximate surface area is 217 Å². The Kier molecular flexibility index (Phi) is 6.28. The van der Waals surface area contributed by atoms with Crippen LogP contribution < -0.4 is 9.80 Å². The molecule has 3 heterocycles. The highest BCUT2D eigenvalue weighted by atomic mass is 32.1. The highest BCUT2D eigenvalue weighted by Crippen LogP contribution is 2.48. The first kappa shape index (κ1) is 25.3. The normalized spacial score (nSPS) is 20.3. The van der Waals surface area contributed by atoms with E-state index in [1.807, 2.05) is 7.05 Å². The number of ketones is 1. The van der Waals surface area contributed by atoms with Gasteiger partial charge < -0.3 is 9.80 Å². The number of nitrogens with zero attached hydrogens (tertiary/aromatic N) is 5. The summed E-state index contributed by atoms with van der Waals surface area (Å²) in [6.07, 6.45) is -0.384. The standard InChI is InChI=1S/C26H24F3N5O2S/c1-32-11-7-17(8-12-32)22(35)16-3-5-18(6-4-16)34-24(37)33(23(36)25(34)9-2-10-25)19-13-20(26(27,28)29)21(14-30)31-15-19/h3-6,13,15,17H,2,7-12H2,1H3. The van der Waals surface area contributed by atoms with E-state index in [1.54, 1.807) is 29.2 Å². The maximum Gasteiger partial charge on any atom is 0.419 e. The van der Waals surface area contributed by atoms with Crippen molar-refractivity contribution in [2.75, 3.05) is 29.9 Å². The van der Waals surface area contributed by atoms with E-state index in [-0.39, 0.29) is 22.5 Å². The van der Waals surface area contributed by atoms with Crippen molar-refractivity contribution in [1.29, 1.82) is 5.26 Å². The number of Topliss-reactive ketones (excluding diaryl/α,β-unsaturated/α-hetero) is 1. The number of carbonyl (C=O) groups is 2. The molecule has 1 saturated carbocycles. The van der Waals surface area contributed by atoms with Gasteiger partial charge in [-0.05, 0) is 94.8 Å². The zero-order valence-electron chi connectivity index (χ0n) is 20.1. The van der Waals surface area contributed by atoms with E-state index >= 15 is 0 Å². The first-order valence-electron chi connectivity index (χ1n) is 12.1. The highest BCUT2D eigenvalue weighted by molar-refractivity contribution is 7.81. The maximum atomic E-state index is 13.6. The van der Waals surface area contributed by atoms with Crippen LogP contribution in [0.1, 0.15) is 53.7 Å². The second kappa shape index (κ2) is 9.19. The van der Waals surface area contributed by atoms with Gasteiger partial charge in [-0.2, -0.15) is 18.4 Å². The molecule has 1 aromatic carbocycles. The molecule has 1 amide bonds. The third-order valence-electron chi connectivity index (χ3n) is 7.63. The van der Waals surface area contributed by atoms with Gasteiger partial charge in [-0.3, -0.25) is 14.5 Å². The van der Waals surface area contributed by atoms with E-state index in [9.17, 15) is 22.8 Å². The second-order valence-corrected chi connectivity index (χ2v) is 10.2. The number of alkyl halides is 3. The summed E-state index contributed by atoms with van der Waals surface area (Å²) < 4.78 is 40.7. The lowest BCUT2D eigenvalue weighted by Crippen LogP contribution is -2.55. The van der Waals surface area contributed by atoms with E-state index < -0.39 is 28.9 Å². The summed E-state index contributed by atoms with van der Waals surface area (Å²) in [6.45, 7) is 1.74. The van der Waals surface area contributed by atoms with Gasteiger partial charge in [-0.15, -0.1) is 0 Å². The van der Waals surface area contributed by atoms with Crippen LogP contribution in [-0.4, -0.2) is 52.4 Å². The molecule has 37 heavy (non-hydrogen) atoms. The van der Waals surface area contributed by atoms with Crippen molar-refractivity contribution in [3.8, 4) is 6.07 Å². The van der Waals surface area contributed by atoms with Gasteiger partial charge in [-0.1, -0.05) is 0 Å². The van der Waals surface area contributed by atoms with E-state index in [1.165, 1.54) is 6.07 Å². The SMILES string of the molecule is CN1CCC(C(=O)c2ccc(N3C(=S)N(c4cnc(C#N)c(C(F)(F)F)c4)C(=O)C34CCC4)cc2)CC1. The summed E-state index contributed by atoms with van der Waals surface area (Å²) in [6, 6.07) is 9.12. The third kappa shape index (κ3) is 4.18. The Bertz CT molecular complexity index is 1310. The van der Waals surface area contributed by atoms with Gasteiger partial charge in [0.25, 0.3) is 5.91 Å². The van der Waals surface area contributed by atoms with Crippen molar-refractivity contribution in [2.45, 2.75) is 43.8 Å². The monoisotopic (exact) mass is 527 g/mol. The number of likely N-dealkylation sites (tertiary alicyclic amines) is 1. The minimum atomic E-state index is -4.82. The predicted molar refractivity (Wildman–Crippen MR) is 134 cm³/mol. The smallest absolute Gasteiger partial charge is 0.306 e. The molecular weight excluding hydrogens is 503 g/mol. The number of nitriles is 1. The summed E-state index contributed by atoms with van der Waals surface area (Å²) in [7, 11) is 2.03. The molecule has 1 aromatic heterocycles. The Morgan fingerprint density at radius 1 is 1.16 bits per heavy atom. The fourth-order valence-corrected chi connectivity index (χ4v) is 5.84. The van der Waals surface area contributed by atoms with Crippen molar-refractivity contribution < 1.29 is 22.8 Å². The fraction of sp³-hybridized carbons (Fsp3) is 0.423. The lowest BCUT2D eigenvalue weighted by Gasteiger charge is -2.43. The highest BCUT2D eigenvalue weighted by Gasteiger charge is 2.59. The number of piperidine rings is 1. The predicted octanol–water partition coefficient (Wildman–Crippen LogP) is 4.56. The van der Waals surface area contributed by atoms with Gasteiger partial charge in [0.05, 0.1) is 17.4 Å². The first-order chi connectivity index (χ1) is 17.6. The van der Waals surface area contributed by atoms with Gasteiger partial charge in [0.1, 0.15) is 11.6 Å². The van der Waals surface area contributed by atoms with E-state index in [0.29, 0.717) is 24.1 Å². The van der Waals surface area contributed by atoms with Crippen molar-refractivity contribution in [3.05, 3.63) is 53.3 Å². The number of carbonyl (C=O) groups excluding carboxylic acids is 2. The van der Waals surface area contributed by atoms with Gasteiger partial charge >= 0.3 is 6.18 Å². The topological polar surface area (TPSA) is 80.5 Å². The molecule has 2 aromatic rings. The molecular formula is C26H24F3N5O2S. The van der Waals surface area contributed by atoms with Crippen molar-refractivity contribution in [3.63, 3.8) is 0 Å². The Hall–Kier alpha value is -3.36. The van der Waals surface area contributed by atoms with Crippen LogP contribution in [0, 0.1) is 17.2 Å². The molecule has 7 nitrogen and oxygen atoms in total. The molecule has 2 saturated heterocycles. The molecule has 3 fully saturated rings. The van der Waals surface area contributed by atoms with Crippen LogP contribution in [0.4, 0.5) is 24.5 Å². The quantitative estimate of drug-likeness (QED) is 0.426. The van der Waals surface area contributed by atoms with Crippen LogP contribution in [0.25, 0.3) is 0 Å². The molecule has 0 N–H and O–H groups in total. The number of anilines is 2. The number of amides is 1. The lowest BCUT2D eigenvalue weighted by molar-refractivity contribution is -0.138. The zero-order valence-corrected chi connectivity index (χ0v) is 20.9. The van der Waals surface area contributed by atoms with Crippen molar-refractivity contribution >= 4 is 40.4 Å². The number of benzene rings is 1. The number of hydrogen-bond acceptors (Lipinski definition) is 6. The lowest BCUT2D eigenvalue weighted by atomic mass is 9.75. The number of pyridine rings is 1. The average molecular weight is 528 g/mol. The number of hydrogen-bond donors (Lipinski definition) is 0. The Morgan fingerprint density at radius 3 is 2.35 bits per heavy atom. The average Bonchev–Trinajstić information content (AvgIpc) is 3.10. The van der Waals surface area contributed by atoms with Crippen LogP contribution in [0.3, 0.4) is 0 Å². The number of aromatic nitrogens is 1. The Morgan fingerprint density at radius 2 is 1.81 bits per heavy atom. The Balaban J connectivity index is 1.46. The summed E-state index contributed by atoms with van der Waals surface area (Å²) in [5, 5.41) is 9.11. The van der Waals surface area contributed by atoms with Gasteiger partial charge in [0.15, 0.2) is 16.6 Å². The molecule has 2 aliphatic heterocycles. The molecule has 192 valence electrons. The molecule has 0 radical (unpaired) electrons. The maximum absolute atomic E-state index is 13.6. The van der Waals surface area contributed by atoms with E-state index in [4.69, 9.17) is 17.5 Å². The van der Waals surface area contributed by atoms with Crippen LogP contribution in [0.5, 0.6) is 0 Å². The van der Waals surface area contributed by atoms with Gasteiger partial charge in [0.2, 0.25) is 0 Å². The molecule has 5 rings (SSSR count). The van der Waals surface area contributed by atoms with E-state index in [2.05, 4.69) is 9.88 Å². The van der Waals surface area contributed by atoms with Gasteiger partial charge in [-0.25, -0.2) is 4.98 Å². The molecule has 0 unspecified atom stereocenters. The summed E-state index contributed by atoms with van der Waals surface area (Å²) in [5.41, 5.74) is -1.94. The molecule has 1 spiro atoms. The molecule has 11 heteroatoms. The molecule has 1 aliphatic carbocycles. The zero-order chi connectivity index (χ0) is 26.5. The molecule has 3 aliphatic rings. The van der Waals surface area contributed by atoms with E-state index in [0.717, 1.165) is 49.5 Å². The summed E-state index contributed by atoms with van der Waals surface area (Å²) in [4.78, 5) is 35.2. The largest absolute Gasteiger partial charge is 0.419 e. The third-order valence-corrected chi connectivity index (χ3v) is 8.00. The van der Waals surface area contributed by atoms with Crippen molar-refractivity contribution in [2.24, 2.45) is 5.92 Å². The van der Waals surface area contributed by atoms with Gasteiger partial charge in [0, 0.05) is 17.2 Å². The van der Waals surface area contributed by atoms with Crippen LogP contribution in [0.2, 0.25) is 0 Å². The number of halogens is 3. The molecule has 0 atom stereocenters. The number of rotatable bonds is 4. The molecule has 0 bridgehead atoms. The minimum absolute atomic E-state index is 0.0309. The minimum Gasteiger partial charge on any atom is -0.306 e. The van der Waals surface area contributed by atoms with Crippen LogP contribution >= 0.6 is 12.2 Å². The first-order valence-corrected chi connectivity index (χ1v) is 12.5. The van der Waals surface area contributed by atoms with Crippen molar-refractivity contribution in [1.82, 2.24) is 9.88 Å². The fourth-order valence-electron chi connectivity index (χ4n) is 5.37. The summed E-state index contributed by atoms with van der Waals surface area (Å²) in [5.74, 6) is -0.366. The van der Waals surface area contributed by atoms with Crippen LogP contribution in [-0.2, 0) is 11.0 Å². The summed E-state index contributed by atoms with van der Waals surface area (Å²) >= 11 is 5.63. The number of thiocarbonyl (C=S) groups is 1.